The molecule has 2 rings (SSSR count). The number of nitrogens with zero attached hydrogens (tertiary/aromatic N) is 1. The van der Waals surface area contributed by atoms with E-state index in [0.29, 0.717) is 6.54 Å². The topological polar surface area (TPSA) is 44.4 Å². The summed E-state index contributed by atoms with van der Waals surface area (Å²) >= 11 is 0. The molecule has 110 valence electrons. The Morgan fingerprint density at radius 2 is 2.00 bits per heavy atom. The molecular formula is C16H25N3O. The highest BCUT2D eigenvalue weighted by Gasteiger charge is 2.33. The standard InChI is InChI=1S/C16H25N3O/c1-16(10-4-5-11-18-16)15(20)17-12-13-6-8-14(9-7-13)19(2)3/h6-9,18H,4-5,10-12H2,1-3H3,(H,17,20). The maximum absolute atomic E-state index is 12.3. The number of piperidine rings is 1. The predicted octanol–water partition coefficient (Wildman–Crippen LogP) is 1.90. The Balaban J connectivity index is 1.89. The van der Waals surface area contributed by atoms with Gasteiger partial charge in [0.25, 0.3) is 0 Å². The van der Waals surface area contributed by atoms with Crippen molar-refractivity contribution >= 4 is 11.6 Å². The molecule has 1 aliphatic rings. The second kappa shape index (κ2) is 6.27. The summed E-state index contributed by atoms with van der Waals surface area (Å²) in [4.78, 5) is 14.4. The van der Waals surface area contributed by atoms with Crippen LogP contribution in [-0.2, 0) is 11.3 Å². The van der Waals surface area contributed by atoms with Crippen molar-refractivity contribution in [1.82, 2.24) is 10.6 Å². The van der Waals surface area contributed by atoms with Crippen molar-refractivity contribution in [1.29, 1.82) is 0 Å². The molecule has 1 aromatic rings. The summed E-state index contributed by atoms with van der Waals surface area (Å²) in [6.45, 7) is 3.52. The SMILES string of the molecule is CN(C)c1ccc(CNC(=O)C2(C)CCCCN2)cc1. The molecule has 0 aliphatic carbocycles. The average molecular weight is 275 g/mol. The highest BCUT2D eigenvalue weighted by molar-refractivity contribution is 5.85. The number of rotatable bonds is 4. The lowest BCUT2D eigenvalue weighted by atomic mass is 9.90. The minimum absolute atomic E-state index is 0.105. The zero-order valence-electron chi connectivity index (χ0n) is 12.7. The molecule has 1 fully saturated rings. The van der Waals surface area contributed by atoms with E-state index in [1.165, 1.54) is 5.69 Å². The maximum Gasteiger partial charge on any atom is 0.240 e. The smallest absolute Gasteiger partial charge is 0.240 e. The molecule has 0 spiro atoms. The van der Waals surface area contributed by atoms with E-state index in [4.69, 9.17) is 0 Å². The summed E-state index contributed by atoms with van der Waals surface area (Å²) in [5.41, 5.74) is 1.89. The molecule has 1 aliphatic heterocycles. The van der Waals surface area contributed by atoms with Crippen LogP contribution < -0.4 is 15.5 Å². The lowest BCUT2D eigenvalue weighted by molar-refractivity contribution is -0.128. The monoisotopic (exact) mass is 275 g/mol. The lowest BCUT2D eigenvalue weighted by Crippen LogP contribution is -2.56. The molecule has 0 radical (unpaired) electrons. The van der Waals surface area contributed by atoms with Crippen LogP contribution in [0.4, 0.5) is 5.69 Å². The number of hydrogen-bond acceptors (Lipinski definition) is 3. The van der Waals surface area contributed by atoms with Crippen molar-refractivity contribution in [3.05, 3.63) is 29.8 Å². The van der Waals surface area contributed by atoms with E-state index in [9.17, 15) is 4.79 Å². The van der Waals surface area contributed by atoms with Crippen LogP contribution in [0.15, 0.2) is 24.3 Å². The lowest BCUT2D eigenvalue weighted by Gasteiger charge is -2.33. The first kappa shape index (κ1) is 14.9. The summed E-state index contributed by atoms with van der Waals surface area (Å²) in [6, 6.07) is 8.27. The number of hydrogen-bond donors (Lipinski definition) is 2. The molecule has 1 aromatic carbocycles. The number of carbonyl (C=O) groups excluding carboxylic acids is 1. The molecule has 2 N–H and O–H groups in total. The van der Waals surface area contributed by atoms with Crippen LogP contribution in [0.5, 0.6) is 0 Å². The van der Waals surface area contributed by atoms with Gasteiger partial charge in [-0.05, 0) is 50.4 Å². The molecule has 0 saturated carbocycles. The largest absolute Gasteiger partial charge is 0.378 e. The van der Waals surface area contributed by atoms with E-state index in [2.05, 4.69) is 39.8 Å². The fourth-order valence-electron chi connectivity index (χ4n) is 2.54. The molecule has 4 heteroatoms. The van der Waals surface area contributed by atoms with Crippen LogP contribution in [0.25, 0.3) is 0 Å². The van der Waals surface area contributed by atoms with Gasteiger partial charge < -0.3 is 15.5 Å². The van der Waals surface area contributed by atoms with Crippen molar-refractivity contribution < 1.29 is 4.79 Å². The van der Waals surface area contributed by atoms with Crippen LogP contribution in [0.2, 0.25) is 0 Å². The van der Waals surface area contributed by atoms with E-state index in [-0.39, 0.29) is 5.91 Å². The van der Waals surface area contributed by atoms with Crippen molar-refractivity contribution in [3.8, 4) is 0 Å². The van der Waals surface area contributed by atoms with Crippen molar-refractivity contribution in [2.75, 3.05) is 25.5 Å². The van der Waals surface area contributed by atoms with Gasteiger partial charge in [-0.1, -0.05) is 12.1 Å². The molecule has 20 heavy (non-hydrogen) atoms. The van der Waals surface area contributed by atoms with Gasteiger partial charge in [0.05, 0.1) is 5.54 Å². The van der Waals surface area contributed by atoms with Gasteiger partial charge in [0.1, 0.15) is 0 Å². The van der Waals surface area contributed by atoms with Crippen LogP contribution in [0, 0.1) is 0 Å². The van der Waals surface area contributed by atoms with Gasteiger partial charge in [-0.15, -0.1) is 0 Å². The summed E-state index contributed by atoms with van der Waals surface area (Å²) < 4.78 is 0. The second-order valence-electron chi connectivity index (χ2n) is 5.96. The number of benzene rings is 1. The Morgan fingerprint density at radius 3 is 2.55 bits per heavy atom. The highest BCUT2D eigenvalue weighted by atomic mass is 16.2. The molecule has 1 saturated heterocycles. The number of anilines is 1. The fraction of sp³-hybridized carbons (Fsp3) is 0.562. The van der Waals surface area contributed by atoms with Crippen molar-refractivity contribution in [2.24, 2.45) is 0 Å². The Kier molecular flexibility index (Phi) is 4.65. The normalized spacial score (nSPS) is 22.4. The van der Waals surface area contributed by atoms with E-state index in [1.807, 2.05) is 21.0 Å². The molecule has 1 unspecified atom stereocenters. The van der Waals surface area contributed by atoms with E-state index < -0.39 is 5.54 Å². The zero-order chi connectivity index (χ0) is 14.6. The zero-order valence-corrected chi connectivity index (χ0v) is 12.7. The summed E-state index contributed by atoms with van der Waals surface area (Å²) in [6.07, 6.45) is 3.20. The van der Waals surface area contributed by atoms with E-state index in [1.54, 1.807) is 0 Å². The Morgan fingerprint density at radius 1 is 1.30 bits per heavy atom. The first-order valence-electron chi connectivity index (χ1n) is 7.31. The first-order valence-corrected chi connectivity index (χ1v) is 7.31. The quantitative estimate of drug-likeness (QED) is 0.882. The summed E-state index contributed by atoms with van der Waals surface area (Å²) in [7, 11) is 4.04. The van der Waals surface area contributed by atoms with Crippen LogP contribution >= 0.6 is 0 Å². The van der Waals surface area contributed by atoms with Gasteiger partial charge in [0.15, 0.2) is 0 Å². The second-order valence-corrected chi connectivity index (χ2v) is 5.96. The van der Waals surface area contributed by atoms with Crippen molar-refractivity contribution in [2.45, 2.75) is 38.3 Å². The van der Waals surface area contributed by atoms with Crippen LogP contribution in [0.3, 0.4) is 0 Å². The minimum Gasteiger partial charge on any atom is -0.378 e. The molecule has 1 heterocycles. The van der Waals surface area contributed by atoms with Crippen LogP contribution in [0.1, 0.15) is 31.7 Å². The van der Waals surface area contributed by atoms with Gasteiger partial charge in [0, 0.05) is 26.3 Å². The number of amides is 1. The molecule has 1 atom stereocenters. The van der Waals surface area contributed by atoms with Gasteiger partial charge in [-0.3, -0.25) is 4.79 Å². The molecular weight excluding hydrogens is 250 g/mol. The summed E-state index contributed by atoms with van der Waals surface area (Å²) in [5.74, 6) is 0.105. The fourth-order valence-corrected chi connectivity index (χ4v) is 2.54. The average Bonchev–Trinajstić information content (AvgIpc) is 2.46. The summed E-state index contributed by atoms with van der Waals surface area (Å²) in [5, 5.41) is 6.38. The van der Waals surface area contributed by atoms with Gasteiger partial charge in [-0.2, -0.15) is 0 Å². The minimum atomic E-state index is -0.401. The van der Waals surface area contributed by atoms with Gasteiger partial charge >= 0.3 is 0 Å². The third-order valence-electron chi connectivity index (χ3n) is 4.03. The Labute approximate surface area is 121 Å². The van der Waals surface area contributed by atoms with Crippen molar-refractivity contribution in [3.63, 3.8) is 0 Å². The molecule has 1 amide bonds. The third kappa shape index (κ3) is 3.51. The first-order chi connectivity index (χ1) is 9.51. The molecule has 0 bridgehead atoms. The van der Waals surface area contributed by atoms with Gasteiger partial charge in [0.2, 0.25) is 5.91 Å². The molecule has 4 nitrogen and oxygen atoms in total. The predicted molar refractivity (Wildman–Crippen MR) is 82.9 cm³/mol. The van der Waals surface area contributed by atoms with E-state index >= 15 is 0 Å². The van der Waals surface area contributed by atoms with E-state index in [0.717, 1.165) is 31.4 Å². The molecule has 0 aromatic heterocycles. The Hall–Kier alpha value is -1.55. The number of nitrogens with one attached hydrogen (secondary N) is 2. The highest BCUT2D eigenvalue weighted by Crippen LogP contribution is 2.19. The third-order valence-corrected chi connectivity index (χ3v) is 4.03. The maximum atomic E-state index is 12.3. The van der Waals surface area contributed by atoms with Gasteiger partial charge in [-0.25, -0.2) is 0 Å². The Bertz CT molecular complexity index is 447. The van der Waals surface area contributed by atoms with Crippen LogP contribution in [-0.4, -0.2) is 32.1 Å². The number of carbonyl (C=O) groups is 1.